The first-order valence-electron chi connectivity index (χ1n) is 6.41. The summed E-state index contributed by atoms with van der Waals surface area (Å²) in [6, 6.07) is 3.56. The molecule has 0 aliphatic heterocycles. The highest BCUT2D eigenvalue weighted by atomic mass is 16.5. The summed E-state index contributed by atoms with van der Waals surface area (Å²) in [6.07, 6.45) is 1.46. The van der Waals surface area contributed by atoms with Gasteiger partial charge < -0.3 is 30.2 Å². The van der Waals surface area contributed by atoms with Crippen molar-refractivity contribution in [1.82, 2.24) is 9.55 Å². The lowest BCUT2D eigenvalue weighted by Crippen LogP contribution is -2.18. The van der Waals surface area contributed by atoms with E-state index in [2.05, 4.69) is 4.98 Å². The Labute approximate surface area is 127 Å². The lowest BCUT2D eigenvalue weighted by atomic mass is 10.1. The minimum Gasteiger partial charge on any atom is -0.493 e. The fourth-order valence-electron chi connectivity index (χ4n) is 2.21. The zero-order valence-corrected chi connectivity index (χ0v) is 12.6. The average Bonchev–Trinajstić information content (AvgIpc) is 2.86. The maximum absolute atomic E-state index is 11.5. The number of nitrogens with zero attached hydrogens (tertiary/aromatic N) is 2. The van der Waals surface area contributed by atoms with E-state index in [1.54, 1.807) is 16.7 Å². The molecule has 0 saturated heterocycles. The molecule has 2 aromatic rings. The van der Waals surface area contributed by atoms with Crippen molar-refractivity contribution in [3.05, 3.63) is 29.7 Å². The monoisotopic (exact) mass is 306 g/mol. The standard InChI is InChI=1S/C14H18N4O4/c1-20-9-4-8(5-10(21-2)12(9)22-3)6-18-7-17-13(15)11(18)14(16)19/h4-5,7H,6,15H2,1-3H3,(H2,16,19). The van der Waals surface area contributed by atoms with E-state index in [1.807, 2.05) is 0 Å². The molecule has 8 nitrogen and oxygen atoms in total. The minimum atomic E-state index is -0.637. The number of aromatic nitrogens is 2. The number of imidazole rings is 1. The molecule has 2 rings (SSSR count). The Morgan fingerprint density at radius 1 is 1.18 bits per heavy atom. The van der Waals surface area contributed by atoms with Crippen LogP contribution in [0.4, 0.5) is 5.82 Å². The Balaban J connectivity index is 2.44. The number of ether oxygens (including phenoxy) is 3. The number of carbonyl (C=O) groups excluding carboxylic acids is 1. The van der Waals surface area contributed by atoms with Gasteiger partial charge in [-0.05, 0) is 17.7 Å². The summed E-state index contributed by atoms with van der Waals surface area (Å²) in [4.78, 5) is 15.4. The molecule has 22 heavy (non-hydrogen) atoms. The molecule has 0 radical (unpaired) electrons. The van der Waals surface area contributed by atoms with Gasteiger partial charge in [0, 0.05) is 6.54 Å². The van der Waals surface area contributed by atoms with E-state index in [4.69, 9.17) is 25.7 Å². The molecule has 0 spiro atoms. The molecule has 4 N–H and O–H groups in total. The van der Waals surface area contributed by atoms with Crippen molar-refractivity contribution >= 4 is 11.7 Å². The van der Waals surface area contributed by atoms with Crippen molar-refractivity contribution in [2.45, 2.75) is 6.54 Å². The summed E-state index contributed by atoms with van der Waals surface area (Å²) >= 11 is 0. The van der Waals surface area contributed by atoms with Crippen LogP contribution in [0.25, 0.3) is 0 Å². The number of nitrogens with two attached hydrogens (primary N) is 2. The van der Waals surface area contributed by atoms with Crippen molar-refractivity contribution in [1.29, 1.82) is 0 Å². The summed E-state index contributed by atoms with van der Waals surface area (Å²) in [5.74, 6) is 0.993. The van der Waals surface area contributed by atoms with Gasteiger partial charge in [0.05, 0.1) is 27.7 Å². The number of carbonyl (C=O) groups is 1. The maximum Gasteiger partial charge on any atom is 0.269 e. The molecule has 1 amide bonds. The van der Waals surface area contributed by atoms with Gasteiger partial charge in [-0.1, -0.05) is 0 Å². The van der Waals surface area contributed by atoms with Gasteiger partial charge in [-0.25, -0.2) is 4.98 Å². The Morgan fingerprint density at radius 2 is 1.77 bits per heavy atom. The highest BCUT2D eigenvalue weighted by Crippen LogP contribution is 2.38. The lowest BCUT2D eigenvalue weighted by Gasteiger charge is -2.14. The number of rotatable bonds is 6. The smallest absolute Gasteiger partial charge is 0.269 e. The van der Waals surface area contributed by atoms with Gasteiger partial charge in [-0.15, -0.1) is 0 Å². The van der Waals surface area contributed by atoms with Gasteiger partial charge >= 0.3 is 0 Å². The number of hydrogen-bond acceptors (Lipinski definition) is 6. The normalized spacial score (nSPS) is 10.3. The van der Waals surface area contributed by atoms with Crippen molar-refractivity contribution < 1.29 is 19.0 Å². The number of primary amides is 1. The summed E-state index contributed by atoms with van der Waals surface area (Å²) < 4.78 is 17.4. The van der Waals surface area contributed by atoms with E-state index in [9.17, 15) is 4.79 Å². The molecule has 0 saturated carbocycles. The molecule has 0 bridgehead atoms. The van der Waals surface area contributed by atoms with Crippen LogP contribution < -0.4 is 25.7 Å². The van der Waals surface area contributed by atoms with Gasteiger partial charge in [0.1, 0.15) is 0 Å². The van der Waals surface area contributed by atoms with Crippen LogP contribution in [-0.2, 0) is 6.54 Å². The fraction of sp³-hybridized carbons (Fsp3) is 0.286. The second-order valence-electron chi connectivity index (χ2n) is 4.50. The molecule has 0 unspecified atom stereocenters. The number of hydrogen-bond donors (Lipinski definition) is 2. The number of benzene rings is 1. The molecule has 1 heterocycles. The highest BCUT2D eigenvalue weighted by Gasteiger charge is 2.17. The molecule has 1 aromatic heterocycles. The highest BCUT2D eigenvalue weighted by molar-refractivity contribution is 5.95. The minimum absolute atomic E-state index is 0.0972. The first-order chi connectivity index (χ1) is 10.5. The van der Waals surface area contributed by atoms with Crippen LogP contribution in [0.5, 0.6) is 17.2 Å². The molecular formula is C14H18N4O4. The van der Waals surface area contributed by atoms with E-state index >= 15 is 0 Å². The van der Waals surface area contributed by atoms with Crippen LogP contribution in [0, 0.1) is 0 Å². The van der Waals surface area contributed by atoms with E-state index in [0.717, 1.165) is 5.56 Å². The Kier molecular flexibility index (Phi) is 4.40. The third-order valence-electron chi connectivity index (χ3n) is 3.18. The average molecular weight is 306 g/mol. The van der Waals surface area contributed by atoms with Gasteiger partial charge in [0.25, 0.3) is 5.91 Å². The van der Waals surface area contributed by atoms with Gasteiger partial charge in [-0.2, -0.15) is 0 Å². The van der Waals surface area contributed by atoms with Crippen LogP contribution in [-0.4, -0.2) is 36.8 Å². The van der Waals surface area contributed by atoms with Crippen molar-refractivity contribution in [2.75, 3.05) is 27.1 Å². The topological polar surface area (TPSA) is 115 Å². The number of anilines is 1. The summed E-state index contributed by atoms with van der Waals surface area (Å²) in [7, 11) is 4.60. The Bertz CT molecular complexity index is 671. The van der Waals surface area contributed by atoms with Crippen LogP contribution >= 0.6 is 0 Å². The zero-order chi connectivity index (χ0) is 16.3. The summed E-state index contributed by atoms with van der Waals surface area (Å²) in [6.45, 7) is 0.333. The maximum atomic E-state index is 11.5. The molecule has 8 heteroatoms. The predicted molar refractivity (Wildman–Crippen MR) is 80.4 cm³/mol. The van der Waals surface area contributed by atoms with Crippen molar-refractivity contribution in [2.24, 2.45) is 5.73 Å². The lowest BCUT2D eigenvalue weighted by molar-refractivity contribution is 0.0993. The Hall–Kier alpha value is -2.90. The first-order valence-corrected chi connectivity index (χ1v) is 6.41. The fourth-order valence-corrected chi connectivity index (χ4v) is 2.21. The second-order valence-corrected chi connectivity index (χ2v) is 4.50. The first kappa shape index (κ1) is 15.5. The number of nitrogen functional groups attached to an aromatic ring is 1. The zero-order valence-electron chi connectivity index (χ0n) is 12.6. The molecule has 0 aliphatic carbocycles. The molecule has 0 aliphatic rings. The summed E-state index contributed by atoms with van der Waals surface area (Å²) in [5.41, 5.74) is 11.9. The van der Waals surface area contributed by atoms with Crippen LogP contribution in [0.3, 0.4) is 0 Å². The van der Waals surface area contributed by atoms with Crippen LogP contribution in [0.1, 0.15) is 16.1 Å². The number of amides is 1. The van der Waals surface area contributed by atoms with Crippen LogP contribution in [0.2, 0.25) is 0 Å². The van der Waals surface area contributed by atoms with Gasteiger partial charge in [0.15, 0.2) is 23.0 Å². The largest absolute Gasteiger partial charge is 0.493 e. The van der Waals surface area contributed by atoms with E-state index in [-0.39, 0.29) is 11.5 Å². The van der Waals surface area contributed by atoms with E-state index in [1.165, 1.54) is 27.7 Å². The van der Waals surface area contributed by atoms with E-state index in [0.29, 0.717) is 23.8 Å². The third-order valence-corrected chi connectivity index (χ3v) is 3.18. The molecule has 0 atom stereocenters. The number of methoxy groups -OCH3 is 3. The van der Waals surface area contributed by atoms with E-state index < -0.39 is 5.91 Å². The van der Waals surface area contributed by atoms with Gasteiger partial charge in [-0.3, -0.25) is 4.79 Å². The van der Waals surface area contributed by atoms with Crippen LogP contribution in [0.15, 0.2) is 18.5 Å². The van der Waals surface area contributed by atoms with Crippen molar-refractivity contribution in [3.8, 4) is 17.2 Å². The SMILES string of the molecule is COc1cc(Cn2cnc(N)c2C(N)=O)cc(OC)c1OC. The molecule has 1 aromatic carbocycles. The second kappa shape index (κ2) is 6.25. The third kappa shape index (κ3) is 2.76. The molecule has 0 fully saturated rings. The molecular weight excluding hydrogens is 288 g/mol. The predicted octanol–water partition coefficient (Wildman–Crippen LogP) is 0.638. The summed E-state index contributed by atoms with van der Waals surface area (Å²) in [5, 5.41) is 0. The van der Waals surface area contributed by atoms with Crippen molar-refractivity contribution in [3.63, 3.8) is 0 Å². The van der Waals surface area contributed by atoms with Gasteiger partial charge in [0.2, 0.25) is 5.75 Å². The molecule has 118 valence electrons. The quantitative estimate of drug-likeness (QED) is 0.809. The Morgan fingerprint density at radius 3 is 2.23 bits per heavy atom.